The maximum atomic E-state index is 11.9. The van der Waals surface area contributed by atoms with Crippen LogP contribution in [0.25, 0.3) is 0 Å². The van der Waals surface area contributed by atoms with Crippen LogP contribution < -0.4 is 4.72 Å². The lowest BCUT2D eigenvalue weighted by Crippen LogP contribution is -2.23. The molecule has 1 heterocycles. The van der Waals surface area contributed by atoms with Crippen molar-refractivity contribution in [2.75, 3.05) is 0 Å². The van der Waals surface area contributed by atoms with Gasteiger partial charge >= 0.3 is 0 Å². The predicted molar refractivity (Wildman–Crippen MR) is 63.9 cm³/mol. The molecular formula is C12H10N2O3S. The standard InChI is InChI=1S/C12H10N2O3S/c13-7-10-2-1-3-12(6-10)18(15,16)14-8-11-4-5-17-9-11/h1-6,9,14H,8H2. The molecule has 6 heteroatoms. The molecule has 1 aromatic carbocycles. The molecule has 5 nitrogen and oxygen atoms in total. The lowest BCUT2D eigenvalue weighted by Gasteiger charge is -2.05. The summed E-state index contributed by atoms with van der Waals surface area (Å²) in [4.78, 5) is 0.0741. The van der Waals surface area contributed by atoms with Crippen LogP contribution in [0.5, 0.6) is 0 Å². The Bertz CT molecular complexity index is 670. The van der Waals surface area contributed by atoms with Crippen molar-refractivity contribution in [3.8, 4) is 6.07 Å². The fourth-order valence-corrected chi connectivity index (χ4v) is 2.45. The summed E-state index contributed by atoms with van der Waals surface area (Å²) in [5, 5.41) is 8.73. The molecule has 0 aliphatic heterocycles. The molecule has 1 aromatic heterocycles. The quantitative estimate of drug-likeness (QED) is 0.907. The lowest BCUT2D eigenvalue weighted by atomic mass is 10.2. The van der Waals surface area contributed by atoms with Crippen molar-refractivity contribution in [2.45, 2.75) is 11.4 Å². The van der Waals surface area contributed by atoms with Crippen molar-refractivity contribution in [3.63, 3.8) is 0 Å². The third kappa shape index (κ3) is 2.77. The Hall–Kier alpha value is -2.10. The molecule has 2 rings (SSSR count). The minimum atomic E-state index is -3.61. The van der Waals surface area contributed by atoms with Gasteiger partial charge in [0.1, 0.15) is 0 Å². The number of furan rings is 1. The van der Waals surface area contributed by atoms with E-state index in [-0.39, 0.29) is 11.4 Å². The third-order valence-electron chi connectivity index (χ3n) is 2.32. The number of hydrogen-bond acceptors (Lipinski definition) is 4. The van der Waals surface area contributed by atoms with Crippen LogP contribution in [0.15, 0.2) is 52.2 Å². The number of nitrogens with zero attached hydrogens (tertiary/aromatic N) is 1. The van der Waals surface area contributed by atoms with Gasteiger partial charge in [-0.2, -0.15) is 5.26 Å². The van der Waals surface area contributed by atoms with Gasteiger partial charge in [-0.05, 0) is 24.3 Å². The Morgan fingerprint density at radius 2 is 2.17 bits per heavy atom. The summed E-state index contributed by atoms with van der Waals surface area (Å²) < 4.78 is 31.2. The monoisotopic (exact) mass is 262 g/mol. The SMILES string of the molecule is N#Cc1cccc(S(=O)(=O)NCc2ccoc2)c1. The smallest absolute Gasteiger partial charge is 0.240 e. The molecule has 92 valence electrons. The van der Waals surface area contributed by atoms with E-state index in [1.807, 2.05) is 6.07 Å². The minimum Gasteiger partial charge on any atom is -0.472 e. The zero-order valence-corrected chi connectivity index (χ0v) is 10.1. The molecule has 1 N–H and O–H groups in total. The van der Waals surface area contributed by atoms with E-state index in [1.165, 1.54) is 30.7 Å². The van der Waals surface area contributed by atoms with Gasteiger partial charge < -0.3 is 4.42 Å². The molecule has 0 saturated heterocycles. The molecule has 0 aliphatic carbocycles. The summed E-state index contributed by atoms with van der Waals surface area (Å²) in [6, 6.07) is 9.43. The van der Waals surface area contributed by atoms with E-state index in [2.05, 4.69) is 4.72 Å². The average Bonchev–Trinajstić information content (AvgIpc) is 2.90. The van der Waals surface area contributed by atoms with E-state index in [0.29, 0.717) is 5.56 Å². The molecule has 18 heavy (non-hydrogen) atoms. The Kier molecular flexibility index (Phi) is 3.46. The van der Waals surface area contributed by atoms with Crippen LogP contribution in [0, 0.1) is 11.3 Å². The van der Waals surface area contributed by atoms with Gasteiger partial charge in [0.2, 0.25) is 10.0 Å². The maximum absolute atomic E-state index is 11.9. The Morgan fingerprint density at radius 3 is 2.83 bits per heavy atom. The van der Waals surface area contributed by atoms with Crippen molar-refractivity contribution in [1.29, 1.82) is 5.26 Å². The minimum absolute atomic E-state index is 0.0741. The van der Waals surface area contributed by atoms with Gasteiger partial charge in [-0.3, -0.25) is 0 Å². The van der Waals surface area contributed by atoms with Crippen molar-refractivity contribution < 1.29 is 12.8 Å². The van der Waals surface area contributed by atoms with Crippen LogP contribution in [0.4, 0.5) is 0 Å². The number of benzene rings is 1. The van der Waals surface area contributed by atoms with Crippen molar-refractivity contribution in [2.24, 2.45) is 0 Å². The van der Waals surface area contributed by atoms with Crippen LogP contribution in [0.1, 0.15) is 11.1 Å². The lowest BCUT2D eigenvalue weighted by molar-refractivity contribution is 0.561. The highest BCUT2D eigenvalue weighted by atomic mass is 32.2. The number of nitrogens with one attached hydrogen (secondary N) is 1. The zero-order chi connectivity index (χ0) is 13.0. The summed E-state index contributed by atoms with van der Waals surface area (Å²) in [5.74, 6) is 0. The first-order valence-electron chi connectivity index (χ1n) is 5.13. The van der Waals surface area contributed by atoms with E-state index in [4.69, 9.17) is 9.68 Å². The van der Waals surface area contributed by atoms with E-state index in [9.17, 15) is 8.42 Å². The summed E-state index contributed by atoms with van der Waals surface area (Å²) >= 11 is 0. The predicted octanol–water partition coefficient (Wildman–Crippen LogP) is 1.63. The molecule has 0 aliphatic rings. The van der Waals surface area contributed by atoms with Gasteiger partial charge in [-0.15, -0.1) is 0 Å². The van der Waals surface area contributed by atoms with Crippen LogP contribution in [0.2, 0.25) is 0 Å². The Morgan fingerprint density at radius 1 is 1.33 bits per heavy atom. The van der Waals surface area contributed by atoms with Crippen LogP contribution in [-0.2, 0) is 16.6 Å². The first-order valence-corrected chi connectivity index (χ1v) is 6.61. The third-order valence-corrected chi connectivity index (χ3v) is 3.72. The van der Waals surface area contributed by atoms with Crippen molar-refractivity contribution in [3.05, 3.63) is 54.0 Å². The highest BCUT2D eigenvalue weighted by molar-refractivity contribution is 7.89. The van der Waals surface area contributed by atoms with Gasteiger partial charge in [0.15, 0.2) is 0 Å². The molecule has 2 aromatic rings. The highest BCUT2D eigenvalue weighted by Gasteiger charge is 2.14. The van der Waals surface area contributed by atoms with E-state index < -0.39 is 10.0 Å². The van der Waals surface area contributed by atoms with Crippen LogP contribution in [-0.4, -0.2) is 8.42 Å². The van der Waals surface area contributed by atoms with Gasteiger partial charge in [-0.1, -0.05) is 6.07 Å². The summed E-state index contributed by atoms with van der Waals surface area (Å²) in [6.07, 6.45) is 2.94. The second kappa shape index (κ2) is 5.04. The summed E-state index contributed by atoms with van der Waals surface area (Å²) in [5.41, 5.74) is 1.04. The molecule has 0 saturated carbocycles. The van der Waals surface area contributed by atoms with Crippen LogP contribution in [0.3, 0.4) is 0 Å². The average molecular weight is 262 g/mol. The van der Waals surface area contributed by atoms with Gasteiger partial charge in [0.25, 0.3) is 0 Å². The molecule has 0 atom stereocenters. The number of hydrogen-bond donors (Lipinski definition) is 1. The zero-order valence-electron chi connectivity index (χ0n) is 9.33. The fourth-order valence-electron chi connectivity index (χ4n) is 1.39. The number of rotatable bonds is 4. The second-order valence-electron chi connectivity index (χ2n) is 3.60. The second-order valence-corrected chi connectivity index (χ2v) is 5.36. The molecule has 0 bridgehead atoms. The van der Waals surface area contributed by atoms with E-state index in [1.54, 1.807) is 12.1 Å². The van der Waals surface area contributed by atoms with Gasteiger partial charge in [-0.25, -0.2) is 13.1 Å². The molecule has 0 fully saturated rings. The molecular weight excluding hydrogens is 252 g/mol. The Balaban J connectivity index is 2.18. The van der Waals surface area contributed by atoms with Crippen molar-refractivity contribution >= 4 is 10.0 Å². The van der Waals surface area contributed by atoms with Crippen molar-refractivity contribution in [1.82, 2.24) is 4.72 Å². The first kappa shape index (κ1) is 12.4. The summed E-state index contributed by atoms with van der Waals surface area (Å²) in [6.45, 7) is 0.148. The number of sulfonamides is 1. The largest absolute Gasteiger partial charge is 0.472 e. The first-order chi connectivity index (χ1) is 8.62. The normalized spacial score (nSPS) is 11.1. The van der Waals surface area contributed by atoms with Gasteiger partial charge in [0.05, 0.1) is 29.1 Å². The number of nitriles is 1. The summed E-state index contributed by atoms with van der Waals surface area (Å²) in [7, 11) is -3.61. The fraction of sp³-hybridized carbons (Fsp3) is 0.0833. The maximum Gasteiger partial charge on any atom is 0.240 e. The molecule has 0 radical (unpaired) electrons. The molecule has 0 amide bonds. The van der Waals surface area contributed by atoms with Crippen LogP contribution >= 0.6 is 0 Å². The molecule has 0 spiro atoms. The highest BCUT2D eigenvalue weighted by Crippen LogP contribution is 2.11. The van der Waals surface area contributed by atoms with E-state index >= 15 is 0 Å². The van der Waals surface area contributed by atoms with E-state index in [0.717, 1.165) is 5.56 Å². The Labute approximate surface area is 105 Å². The van der Waals surface area contributed by atoms with Gasteiger partial charge in [0, 0.05) is 12.1 Å². The topological polar surface area (TPSA) is 83.1 Å². The molecule has 0 unspecified atom stereocenters.